The first kappa shape index (κ1) is 22.5. The molecular formula is C25H29NO5S. The molecule has 0 aromatic heterocycles. The number of carbonyl (C=O) groups is 2. The van der Waals surface area contributed by atoms with Crippen LogP contribution in [0.3, 0.4) is 0 Å². The second-order valence-electron chi connectivity index (χ2n) is 8.91. The van der Waals surface area contributed by atoms with Crippen LogP contribution in [0.15, 0.2) is 59.5 Å². The van der Waals surface area contributed by atoms with Gasteiger partial charge in [-0.25, -0.2) is 18.1 Å². The Morgan fingerprint density at radius 2 is 1.72 bits per heavy atom. The molecule has 1 aliphatic heterocycles. The van der Waals surface area contributed by atoms with Crippen LogP contribution in [0.1, 0.15) is 49.1 Å². The van der Waals surface area contributed by atoms with Crippen molar-refractivity contribution < 1.29 is 22.7 Å². The predicted molar refractivity (Wildman–Crippen MR) is 121 cm³/mol. The van der Waals surface area contributed by atoms with E-state index in [2.05, 4.69) is 0 Å². The number of nitrogens with zero attached hydrogens (tertiary/aromatic N) is 1. The van der Waals surface area contributed by atoms with E-state index in [9.17, 15) is 18.0 Å². The van der Waals surface area contributed by atoms with E-state index in [0.717, 1.165) is 43.1 Å². The summed E-state index contributed by atoms with van der Waals surface area (Å²) < 4.78 is 29.0. The van der Waals surface area contributed by atoms with Crippen molar-refractivity contribution in [2.45, 2.75) is 55.4 Å². The van der Waals surface area contributed by atoms with Gasteiger partial charge in [-0.2, -0.15) is 0 Å². The summed E-state index contributed by atoms with van der Waals surface area (Å²) in [6.45, 7) is 0.183. The molecule has 0 bridgehead atoms. The molecule has 1 saturated carbocycles. The Hall–Kier alpha value is -2.67. The molecular weight excluding hydrogens is 426 g/mol. The van der Waals surface area contributed by atoms with Crippen LogP contribution in [-0.2, 0) is 25.8 Å². The van der Waals surface area contributed by atoms with E-state index in [1.807, 2.05) is 30.3 Å². The second-order valence-corrected chi connectivity index (χ2v) is 10.9. The summed E-state index contributed by atoms with van der Waals surface area (Å²) in [4.78, 5) is 27.8. The van der Waals surface area contributed by atoms with Gasteiger partial charge < -0.3 is 4.74 Å². The van der Waals surface area contributed by atoms with Gasteiger partial charge in [-0.3, -0.25) is 4.79 Å². The Balaban J connectivity index is 1.61. The number of sulfone groups is 1. The first-order valence-electron chi connectivity index (χ1n) is 11.2. The third kappa shape index (κ3) is 5.04. The number of imide groups is 1. The molecule has 0 N–H and O–H groups in total. The summed E-state index contributed by atoms with van der Waals surface area (Å²) in [5.74, 6) is -0.340. The summed E-state index contributed by atoms with van der Waals surface area (Å²) in [6, 6.07) is 15.9. The van der Waals surface area contributed by atoms with Gasteiger partial charge in [-0.15, -0.1) is 0 Å². The highest BCUT2D eigenvalue weighted by atomic mass is 32.2. The molecule has 1 saturated heterocycles. The highest BCUT2D eigenvalue weighted by Crippen LogP contribution is 2.36. The van der Waals surface area contributed by atoms with Crippen LogP contribution in [0.5, 0.6) is 0 Å². The Morgan fingerprint density at radius 3 is 2.34 bits per heavy atom. The van der Waals surface area contributed by atoms with Crippen molar-refractivity contribution in [1.82, 2.24) is 4.90 Å². The Bertz CT molecular complexity index is 1060. The average Bonchev–Trinajstić information content (AvgIpc) is 3.41. The van der Waals surface area contributed by atoms with Gasteiger partial charge >= 0.3 is 6.09 Å². The van der Waals surface area contributed by atoms with Gasteiger partial charge in [0.05, 0.1) is 16.9 Å². The molecule has 0 radical (unpaired) electrons. The summed E-state index contributed by atoms with van der Waals surface area (Å²) in [5, 5.41) is 0. The lowest BCUT2D eigenvalue weighted by molar-refractivity contribution is -0.131. The maximum Gasteiger partial charge on any atom is 0.417 e. The van der Waals surface area contributed by atoms with Crippen LogP contribution in [0, 0.1) is 5.92 Å². The number of carbonyl (C=O) groups excluding carboxylic acids is 2. The van der Waals surface area contributed by atoms with Crippen LogP contribution in [0.2, 0.25) is 0 Å². The largest absolute Gasteiger partial charge is 0.447 e. The summed E-state index contributed by atoms with van der Waals surface area (Å²) >= 11 is 0. The normalized spacial score (nSPS) is 20.3. The van der Waals surface area contributed by atoms with Crippen molar-refractivity contribution in [2.75, 3.05) is 12.9 Å². The lowest BCUT2D eigenvalue weighted by Gasteiger charge is -2.27. The smallest absolute Gasteiger partial charge is 0.417 e. The predicted octanol–water partition coefficient (Wildman–Crippen LogP) is 4.34. The Labute approximate surface area is 189 Å². The molecule has 170 valence electrons. The van der Waals surface area contributed by atoms with Gasteiger partial charge in [0.1, 0.15) is 6.61 Å². The standard InChI is InChI=1S/C25H29NO5S/c1-32(29,30)22-13-11-20(12-14-22)23(16-19-9-5-6-10-19)24(27)26-21(17-31-25(26)28)15-18-7-3-2-4-8-18/h2-4,7-8,11-14,19,21,23H,5-6,9-10,15-17H2,1H3/t21-,23-/m0/s1. The lowest BCUT2D eigenvalue weighted by atomic mass is 9.86. The Kier molecular flexibility index (Phi) is 6.65. The van der Waals surface area contributed by atoms with Gasteiger partial charge in [0.2, 0.25) is 5.91 Å². The fraction of sp³-hybridized carbons (Fsp3) is 0.440. The minimum Gasteiger partial charge on any atom is -0.447 e. The van der Waals surface area contributed by atoms with Gasteiger partial charge in [-0.1, -0.05) is 68.1 Å². The SMILES string of the molecule is CS(=O)(=O)c1ccc([C@H](CC2CCCC2)C(=O)N2C(=O)OC[C@@H]2Cc2ccccc2)cc1. The molecule has 2 fully saturated rings. The molecule has 2 amide bonds. The molecule has 7 heteroatoms. The number of hydrogen-bond acceptors (Lipinski definition) is 5. The molecule has 4 rings (SSSR count). The summed E-state index contributed by atoms with van der Waals surface area (Å²) in [5.41, 5.74) is 1.78. The molecule has 32 heavy (non-hydrogen) atoms. The van der Waals surface area contributed by atoms with Gasteiger partial charge in [0.15, 0.2) is 9.84 Å². The maximum absolute atomic E-state index is 13.7. The average molecular weight is 456 g/mol. The van der Waals surface area contributed by atoms with E-state index < -0.39 is 21.8 Å². The lowest BCUT2D eigenvalue weighted by Crippen LogP contribution is -2.43. The molecule has 1 aliphatic carbocycles. The number of ether oxygens (including phenoxy) is 1. The van der Waals surface area contributed by atoms with Crippen molar-refractivity contribution in [2.24, 2.45) is 5.92 Å². The zero-order chi connectivity index (χ0) is 22.7. The van der Waals surface area contributed by atoms with Crippen molar-refractivity contribution in [3.05, 3.63) is 65.7 Å². The van der Waals surface area contributed by atoms with Gasteiger partial charge in [-0.05, 0) is 42.0 Å². The van der Waals surface area contributed by atoms with E-state index in [-0.39, 0.29) is 23.5 Å². The van der Waals surface area contributed by atoms with Crippen molar-refractivity contribution in [1.29, 1.82) is 0 Å². The molecule has 0 spiro atoms. The molecule has 2 atom stereocenters. The second kappa shape index (κ2) is 9.45. The summed E-state index contributed by atoms with van der Waals surface area (Å²) in [7, 11) is -3.33. The van der Waals surface area contributed by atoms with E-state index in [4.69, 9.17) is 4.74 Å². The third-order valence-electron chi connectivity index (χ3n) is 6.57. The molecule has 2 aromatic carbocycles. The van der Waals surface area contributed by atoms with Crippen molar-refractivity contribution in [3.8, 4) is 0 Å². The van der Waals surface area contributed by atoms with Gasteiger partial charge in [0, 0.05) is 6.26 Å². The highest BCUT2D eigenvalue weighted by Gasteiger charge is 2.42. The van der Waals surface area contributed by atoms with E-state index in [1.165, 1.54) is 4.90 Å². The van der Waals surface area contributed by atoms with E-state index in [1.54, 1.807) is 24.3 Å². The van der Waals surface area contributed by atoms with Crippen LogP contribution in [-0.4, -0.2) is 44.2 Å². The van der Waals surface area contributed by atoms with E-state index >= 15 is 0 Å². The minimum atomic E-state index is -3.33. The first-order chi connectivity index (χ1) is 15.3. The number of cyclic esters (lactones) is 1. The monoisotopic (exact) mass is 455 g/mol. The molecule has 1 heterocycles. The number of hydrogen-bond donors (Lipinski definition) is 0. The highest BCUT2D eigenvalue weighted by molar-refractivity contribution is 7.90. The molecule has 2 aliphatic rings. The minimum absolute atomic E-state index is 0.183. The third-order valence-corrected chi connectivity index (χ3v) is 7.69. The van der Waals surface area contributed by atoms with Crippen LogP contribution < -0.4 is 0 Å². The first-order valence-corrected chi connectivity index (χ1v) is 13.1. The number of rotatable bonds is 7. The fourth-order valence-corrected chi connectivity index (χ4v) is 5.47. The van der Waals surface area contributed by atoms with Crippen LogP contribution >= 0.6 is 0 Å². The van der Waals surface area contributed by atoms with E-state index in [0.29, 0.717) is 18.8 Å². The topological polar surface area (TPSA) is 80.8 Å². The molecule has 0 unspecified atom stereocenters. The Morgan fingerprint density at radius 1 is 1.06 bits per heavy atom. The van der Waals surface area contributed by atoms with Crippen molar-refractivity contribution in [3.63, 3.8) is 0 Å². The zero-order valence-corrected chi connectivity index (χ0v) is 19.1. The molecule has 2 aromatic rings. The molecule has 6 nitrogen and oxygen atoms in total. The zero-order valence-electron chi connectivity index (χ0n) is 18.3. The van der Waals surface area contributed by atoms with Crippen LogP contribution in [0.25, 0.3) is 0 Å². The maximum atomic E-state index is 13.7. The fourth-order valence-electron chi connectivity index (χ4n) is 4.84. The van der Waals surface area contributed by atoms with Crippen LogP contribution in [0.4, 0.5) is 4.79 Å². The van der Waals surface area contributed by atoms with Crippen molar-refractivity contribution >= 4 is 21.8 Å². The number of benzene rings is 2. The van der Waals surface area contributed by atoms with Gasteiger partial charge in [0.25, 0.3) is 0 Å². The number of amides is 2. The summed E-state index contributed by atoms with van der Waals surface area (Å²) in [6.07, 6.45) is 6.21. The quantitative estimate of drug-likeness (QED) is 0.620.